The lowest BCUT2D eigenvalue weighted by atomic mass is 10.3. The summed E-state index contributed by atoms with van der Waals surface area (Å²) in [4.78, 5) is 30.2. The summed E-state index contributed by atoms with van der Waals surface area (Å²) in [5.41, 5.74) is 0.887. The fourth-order valence-corrected chi connectivity index (χ4v) is 3.45. The van der Waals surface area contributed by atoms with Gasteiger partial charge in [0.25, 0.3) is 5.91 Å². The van der Waals surface area contributed by atoms with E-state index in [9.17, 15) is 9.59 Å². The highest BCUT2D eigenvalue weighted by Crippen LogP contribution is 2.23. The van der Waals surface area contributed by atoms with Crippen LogP contribution < -0.4 is 15.0 Å². The van der Waals surface area contributed by atoms with Crippen LogP contribution in [0.25, 0.3) is 0 Å². The van der Waals surface area contributed by atoms with Crippen molar-refractivity contribution in [3.63, 3.8) is 0 Å². The van der Waals surface area contributed by atoms with E-state index >= 15 is 0 Å². The molecule has 0 aliphatic carbocycles. The third kappa shape index (κ3) is 5.94. The number of carbonyl (C=O) groups is 2. The maximum atomic E-state index is 11.9. The normalized spacial score (nSPS) is 18.7. The van der Waals surface area contributed by atoms with Crippen LogP contribution in [-0.2, 0) is 9.59 Å². The number of amides is 2. The van der Waals surface area contributed by atoms with Gasteiger partial charge in [-0.2, -0.15) is 0 Å². The molecule has 0 radical (unpaired) electrons. The predicted octanol–water partition coefficient (Wildman–Crippen LogP) is 0.946. The molecule has 2 amide bonds. The number of nitrogens with zero attached hydrogens (tertiary/aromatic N) is 3. The molecule has 0 spiro atoms. The van der Waals surface area contributed by atoms with E-state index in [2.05, 4.69) is 22.2 Å². The van der Waals surface area contributed by atoms with Crippen LogP contribution in [0, 0.1) is 0 Å². The SMILES string of the molecule is CN1CCN(CCCNC(=O)COc2ccc(N3CCCC3=O)cc2)CC1. The summed E-state index contributed by atoms with van der Waals surface area (Å²) in [6.45, 7) is 6.91. The van der Waals surface area contributed by atoms with Gasteiger partial charge in [-0.05, 0) is 50.7 Å². The number of hydrogen-bond donors (Lipinski definition) is 1. The van der Waals surface area contributed by atoms with Crippen LogP contribution in [0.1, 0.15) is 19.3 Å². The average Bonchev–Trinajstić information content (AvgIpc) is 3.11. The van der Waals surface area contributed by atoms with E-state index in [0.29, 0.717) is 18.7 Å². The van der Waals surface area contributed by atoms with Gasteiger partial charge in [-0.1, -0.05) is 0 Å². The lowest BCUT2D eigenvalue weighted by Crippen LogP contribution is -2.45. The molecule has 7 nitrogen and oxygen atoms in total. The highest BCUT2D eigenvalue weighted by molar-refractivity contribution is 5.95. The van der Waals surface area contributed by atoms with Crippen LogP contribution in [0.5, 0.6) is 5.75 Å². The zero-order chi connectivity index (χ0) is 19.1. The zero-order valence-corrected chi connectivity index (χ0v) is 16.2. The molecular formula is C20H30N4O3. The number of anilines is 1. The van der Waals surface area contributed by atoms with Gasteiger partial charge in [-0.3, -0.25) is 9.59 Å². The third-order valence-corrected chi connectivity index (χ3v) is 5.16. The Bertz CT molecular complexity index is 627. The highest BCUT2D eigenvalue weighted by atomic mass is 16.5. The molecule has 2 fully saturated rings. The van der Waals surface area contributed by atoms with Gasteiger partial charge in [-0.25, -0.2) is 0 Å². The van der Waals surface area contributed by atoms with Crippen LogP contribution in [0.3, 0.4) is 0 Å². The molecule has 2 aliphatic heterocycles. The molecule has 1 aromatic rings. The summed E-state index contributed by atoms with van der Waals surface area (Å²) in [6, 6.07) is 7.35. The minimum absolute atomic E-state index is 0.0104. The van der Waals surface area contributed by atoms with Gasteiger partial charge >= 0.3 is 0 Å². The first-order chi connectivity index (χ1) is 13.1. The second-order valence-corrected chi connectivity index (χ2v) is 7.28. The molecule has 2 aliphatic rings. The second kappa shape index (κ2) is 9.71. The molecule has 0 saturated carbocycles. The molecule has 2 heterocycles. The summed E-state index contributed by atoms with van der Waals surface area (Å²) in [5, 5.41) is 2.91. The Morgan fingerprint density at radius 1 is 1.11 bits per heavy atom. The van der Waals surface area contributed by atoms with Crippen molar-refractivity contribution >= 4 is 17.5 Å². The Morgan fingerprint density at radius 2 is 1.85 bits per heavy atom. The van der Waals surface area contributed by atoms with E-state index in [1.54, 1.807) is 4.90 Å². The highest BCUT2D eigenvalue weighted by Gasteiger charge is 2.21. The molecular weight excluding hydrogens is 344 g/mol. The van der Waals surface area contributed by atoms with E-state index in [-0.39, 0.29) is 18.4 Å². The van der Waals surface area contributed by atoms with Crippen molar-refractivity contribution in [2.24, 2.45) is 0 Å². The van der Waals surface area contributed by atoms with Crippen molar-refractivity contribution in [2.75, 3.05) is 64.4 Å². The van der Waals surface area contributed by atoms with E-state index in [1.165, 1.54) is 0 Å². The first-order valence-corrected chi connectivity index (χ1v) is 9.82. The molecule has 1 aromatic carbocycles. The molecule has 0 bridgehead atoms. The largest absolute Gasteiger partial charge is 0.484 e. The molecule has 1 N–H and O–H groups in total. The van der Waals surface area contributed by atoms with Gasteiger partial charge in [0, 0.05) is 51.4 Å². The summed E-state index contributed by atoms with van der Waals surface area (Å²) >= 11 is 0. The fourth-order valence-electron chi connectivity index (χ4n) is 3.45. The van der Waals surface area contributed by atoms with Crippen LogP contribution in [-0.4, -0.2) is 81.1 Å². The molecule has 27 heavy (non-hydrogen) atoms. The Hall–Kier alpha value is -2.12. The molecule has 3 rings (SSSR count). The van der Waals surface area contributed by atoms with Gasteiger partial charge in [0.05, 0.1) is 0 Å². The predicted molar refractivity (Wildman–Crippen MR) is 105 cm³/mol. The average molecular weight is 374 g/mol. The topological polar surface area (TPSA) is 65.1 Å². The Balaban J connectivity index is 1.30. The number of carbonyl (C=O) groups excluding carboxylic acids is 2. The Labute approximate surface area is 161 Å². The molecule has 148 valence electrons. The smallest absolute Gasteiger partial charge is 0.257 e. The van der Waals surface area contributed by atoms with Crippen molar-refractivity contribution in [3.05, 3.63) is 24.3 Å². The quantitative estimate of drug-likeness (QED) is 0.687. The molecule has 2 saturated heterocycles. The summed E-state index contributed by atoms with van der Waals surface area (Å²) in [6.07, 6.45) is 2.48. The number of hydrogen-bond acceptors (Lipinski definition) is 5. The van der Waals surface area contributed by atoms with Gasteiger partial charge < -0.3 is 24.8 Å². The van der Waals surface area contributed by atoms with Crippen LogP contribution in [0.15, 0.2) is 24.3 Å². The Morgan fingerprint density at radius 3 is 2.52 bits per heavy atom. The van der Waals surface area contributed by atoms with Crippen molar-refractivity contribution in [2.45, 2.75) is 19.3 Å². The summed E-state index contributed by atoms with van der Waals surface area (Å²) < 4.78 is 5.54. The maximum absolute atomic E-state index is 11.9. The van der Waals surface area contributed by atoms with E-state index in [4.69, 9.17) is 4.74 Å². The summed E-state index contributed by atoms with van der Waals surface area (Å²) in [7, 11) is 2.15. The lowest BCUT2D eigenvalue weighted by molar-refractivity contribution is -0.123. The minimum atomic E-state index is -0.104. The molecule has 0 atom stereocenters. The van der Waals surface area contributed by atoms with Crippen molar-refractivity contribution in [3.8, 4) is 5.75 Å². The van der Waals surface area contributed by atoms with Crippen LogP contribution in [0.2, 0.25) is 0 Å². The molecule has 7 heteroatoms. The number of benzene rings is 1. The first-order valence-electron chi connectivity index (χ1n) is 9.82. The number of piperazine rings is 1. The maximum Gasteiger partial charge on any atom is 0.257 e. The summed E-state index contributed by atoms with van der Waals surface area (Å²) in [5.74, 6) is 0.699. The van der Waals surface area contributed by atoms with Crippen LogP contribution >= 0.6 is 0 Å². The number of nitrogens with one attached hydrogen (secondary N) is 1. The zero-order valence-electron chi connectivity index (χ0n) is 16.2. The standard InChI is InChI=1S/C20H30N4O3/c1-22-12-14-23(15-13-22)10-3-9-21-19(25)16-27-18-7-5-17(6-8-18)24-11-2-4-20(24)26/h5-8H,2-4,9-16H2,1H3,(H,21,25). The lowest BCUT2D eigenvalue weighted by Gasteiger charge is -2.32. The van der Waals surface area contributed by atoms with Crippen molar-refractivity contribution in [1.29, 1.82) is 0 Å². The van der Waals surface area contributed by atoms with E-state index < -0.39 is 0 Å². The molecule has 0 aromatic heterocycles. The van der Waals surface area contributed by atoms with E-state index in [1.807, 2.05) is 24.3 Å². The Kier molecular flexibility index (Phi) is 7.06. The van der Waals surface area contributed by atoms with Gasteiger partial charge in [-0.15, -0.1) is 0 Å². The van der Waals surface area contributed by atoms with Gasteiger partial charge in [0.1, 0.15) is 5.75 Å². The fraction of sp³-hybridized carbons (Fsp3) is 0.600. The first kappa shape index (κ1) is 19.6. The second-order valence-electron chi connectivity index (χ2n) is 7.28. The monoisotopic (exact) mass is 374 g/mol. The minimum Gasteiger partial charge on any atom is -0.484 e. The number of likely N-dealkylation sites (N-methyl/N-ethyl adjacent to an activating group) is 1. The van der Waals surface area contributed by atoms with E-state index in [0.717, 1.165) is 57.8 Å². The van der Waals surface area contributed by atoms with Gasteiger partial charge in [0.2, 0.25) is 5.91 Å². The van der Waals surface area contributed by atoms with Crippen LogP contribution in [0.4, 0.5) is 5.69 Å². The van der Waals surface area contributed by atoms with Crippen molar-refractivity contribution in [1.82, 2.24) is 15.1 Å². The molecule has 0 unspecified atom stereocenters. The van der Waals surface area contributed by atoms with Crippen molar-refractivity contribution < 1.29 is 14.3 Å². The number of ether oxygens (including phenoxy) is 1. The van der Waals surface area contributed by atoms with Gasteiger partial charge in [0.15, 0.2) is 6.61 Å². The third-order valence-electron chi connectivity index (χ3n) is 5.16. The number of rotatable bonds is 8.